The molecule has 35 heavy (non-hydrogen) atoms. The van der Waals surface area contributed by atoms with Crippen molar-refractivity contribution in [2.75, 3.05) is 0 Å². The third kappa shape index (κ3) is 5.15. The van der Waals surface area contributed by atoms with Gasteiger partial charge in [0.25, 0.3) is 0 Å². The maximum Gasteiger partial charge on any atom is 0.573 e. The Balaban J connectivity index is 2.23. The standard InChI is InChI=1S/C20H10Cl2F10N2O/c1-9-4-10(2-3-13(9)21)11-7-33-34(8-11)16-14(22)5-12(6-15(16)35-20(30,31)32)17(23,18(24,25)26)19(27,28)29/h2-8H,1H3. The number of ether oxygens (including phenoxy) is 1. The van der Waals surface area contributed by atoms with Crippen LogP contribution in [0.4, 0.5) is 43.9 Å². The molecule has 0 aliphatic heterocycles. The lowest BCUT2D eigenvalue weighted by Gasteiger charge is -2.31. The summed E-state index contributed by atoms with van der Waals surface area (Å²) < 4.78 is 136. The normalized spacial score (nSPS) is 13.3. The first-order chi connectivity index (χ1) is 15.8. The Labute approximate surface area is 199 Å². The van der Waals surface area contributed by atoms with Gasteiger partial charge in [0.15, 0.2) is 5.75 Å². The van der Waals surface area contributed by atoms with Gasteiger partial charge in [-0.25, -0.2) is 9.07 Å². The third-order valence-electron chi connectivity index (χ3n) is 4.74. The van der Waals surface area contributed by atoms with Crippen molar-refractivity contribution in [1.29, 1.82) is 0 Å². The predicted octanol–water partition coefficient (Wildman–Crippen LogP) is 8.34. The van der Waals surface area contributed by atoms with Gasteiger partial charge in [0, 0.05) is 22.3 Å². The lowest BCUT2D eigenvalue weighted by molar-refractivity contribution is -0.348. The van der Waals surface area contributed by atoms with Gasteiger partial charge in [-0.1, -0.05) is 29.3 Å². The Hall–Kier alpha value is -2.67. The molecule has 3 nitrogen and oxygen atoms in total. The van der Waals surface area contributed by atoms with Gasteiger partial charge >= 0.3 is 24.4 Å². The number of aromatic nitrogens is 2. The number of benzene rings is 2. The first-order valence-corrected chi connectivity index (χ1v) is 9.84. The molecule has 1 heterocycles. The minimum absolute atomic E-state index is 0.0884. The van der Waals surface area contributed by atoms with Crippen LogP contribution in [-0.2, 0) is 5.67 Å². The topological polar surface area (TPSA) is 27.1 Å². The highest BCUT2D eigenvalue weighted by Gasteiger charge is 2.73. The van der Waals surface area contributed by atoms with Crippen LogP contribution < -0.4 is 4.74 Å². The van der Waals surface area contributed by atoms with E-state index < -0.39 is 46.4 Å². The Morgan fingerprint density at radius 3 is 1.91 bits per heavy atom. The summed E-state index contributed by atoms with van der Waals surface area (Å²) in [7, 11) is 0. The van der Waals surface area contributed by atoms with Crippen molar-refractivity contribution < 1.29 is 48.6 Å². The molecule has 0 saturated carbocycles. The van der Waals surface area contributed by atoms with E-state index in [1.54, 1.807) is 13.0 Å². The molecule has 15 heteroatoms. The number of aryl methyl sites for hydroxylation is 1. The molecule has 1 aromatic heterocycles. The smallest absolute Gasteiger partial charge is 0.403 e. The van der Waals surface area contributed by atoms with Crippen molar-refractivity contribution in [3.05, 3.63) is 63.9 Å². The summed E-state index contributed by atoms with van der Waals surface area (Å²) in [4.78, 5) is 0. The van der Waals surface area contributed by atoms with Crippen molar-refractivity contribution >= 4 is 23.2 Å². The summed E-state index contributed by atoms with van der Waals surface area (Å²) in [6.07, 6.45) is -16.5. The second-order valence-electron chi connectivity index (χ2n) is 7.14. The van der Waals surface area contributed by atoms with Crippen LogP contribution in [0.1, 0.15) is 11.1 Å². The molecule has 0 N–H and O–H groups in total. The van der Waals surface area contributed by atoms with Crippen molar-refractivity contribution in [1.82, 2.24) is 9.78 Å². The van der Waals surface area contributed by atoms with Crippen LogP contribution in [0, 0.1) is 6.92 Å². The van der Waals surface area contributed by atoms with Crippen LogP contribution in [0.3, 0.4) is 0 Å². The van der Waals surface area contributed by atoms with Gasteiger partial charge < -0.3 is 4.74 Å². The number of nitrogens with zero attached hydrogens (tertiary/aromatic N) is 2. The first kappa shape index (κ1) is 26.9. The van der Waals surface area contributed by atoms with Crippen LogP contribution in [0.5, 0.6) is 5.75 Å². The molecule has 0 radical (unpaired) electrons. The molecule has 0 spiro atoms. The zero-order valence-electron chi connectivity index (χ0n) is 16.9. The van der Waals surface area contributed by atoms with Crippen LogP contribution in [0.15, 0.2) is 42.7 Å². The average Bonchev–Trinajstić information content (AvgIpc) is 3.15. The molecule has 2 aromatic carbocycles. The minimum atomic E-state index is -6.59. The van der Waals surface area contributed by atoms with Gasteiger partial charge in [-0.2, -0.15) is 31.4 Å². The van der Waals surface area contributed by atoms with E-state index in [0.717, 1.165) is 12.4 Å². The van der Waals surface area contributed by atoms with Gasteiger partial charge in [0.05, 0.1) is 11.2 Å². The Morgan fingerprint density at radius 1 is 0.800 bits per heavy atom. The maximum atomic E-state index is 14.5. The van der Waals surface area contributed by atoms with Gasteiger partial charge in [-0.15, -0.1) is 13.2 Å². The molecule has 0 unspecified atom stereocenters. The zero-order chi connectivity index (χ0) is 26.6. The second-order valence-corrected chi connectivity index (χ2v) is 7.96. The van der Waals surface area contributed by atoms with Gasteiger partial charge in [-0.05, 0) is 42.3 Å². The molecule has 0 fully saturated rings. The fraction of sp³-hybridized carbons (Fsp3) is 0.250. The highest BCUT2D eigenvalue weighted by molar-refractivity contribution is 6.32. The largest absolute Gasteiger partial charge is 0.573 e. The van der Waals surface area contributed by atoms with Crippen molar-refractivity contribution in [3.63, 3.8) is 0 Å². The van der Waals surface area contributed by atoms with Gasteiger partial charge in [0.2, 0.25) is 0 Å². The van der Waals surface area contributed by atoms with Crippen molar-refractivity contribution in [2.24, 2.45) is 0 Å². The highest BCUT2D eigenvalue weighted by Crippen LogP contribution is 2.55. The van der Waals surface area contributed by atoms with E-state index in [1.807, 2.05) is 0 Å². The molecule has 0 atom stereocenters. The van der Waals surface area contributed by atoms with Crippen LogP contribution in [0.25, 0.3) is 16.8 Å². The number of hydrogen-bond donors (Lipinski definition) is 0. The maximum absolute atomic E-state index is 14.5. The summed E-state index contributed by atoms with van der Waals surface area (Å²) in [6, 6.07) is 4.17. The lowest BCUT2D eigenvalue weighted by atomic mass is 9.93. The molecular weight excluding hydrogens is 545 g/mol. The van der Waals surface area contributed by atoms with E-state index in [9.17, 15) is 43.9 Å². The summed E-state index contributed by atoms with van der Waals surface area (Å²) in [6.45, 7) is 1.66. The molecule has 0 amide bonds. The summed E-state index contributed by atoms with van der Waals surface area (Å²) in [5.74, 6) is -1.64. The molecule has 3 rings (SSSR count). The fourth-order valence-corrected chi connectivity index (χ4v) is 3.52. The lowest BCUT2D eigenvalue weighted by Crippen LogP contribution is -2.50. The van der Waals surface area contributed by atoms with E-state index in [2.05, 4.69) is 9.84 Å². The van der Waals surface area contributed by atoms with E-state index in [-0.39, 0.29) is 17.7 Å². The minimum Gasteiger partial charge on any atom is -0.403 e. The van der Waals surface area contributed by atoms with Gasteiger partial charge in [-0.3, -0.25) is 0 Å². The Morgan fingerprint density at radius 2 is 1.40 bits per heavy atom. The Kier molecular flexibility index (Phi) is 6.75. The highest BCUT2D eigenvalue weighted by atomic mass is 35.5. The van der Waals surface area contributed by atoms with Crippen molar-refractivity contribution in [2.45, 2.75) is 31.3 Å². The molecule has 0 aliphatic rings. The molecule has 0 aliphatic carbocycles. The van der Waals surface area contributed by atoms with Gasteiger partial charge in [0.1, 0.15) is 5.69 Å². The fourth-order valence-electron chi connectivity index (χ4n) is 3.10. The predicted molar refractivity (Wildman–Crippen MR) is 105 cm³/mol. The monoisotopic (exact) mass is 554 g/mol. The zero-order valence-corrected chi connectivity index (χ0v) is 18.4. The molecule has 190 valence electrons. The van der Waals surface area contributed by atoms with Crippen molar-refractivity contribution in [3.8, 4) is 22.6 Å². The van der Waals surface area contributed by atoms with E-state index in [4.69, 9.17) is 23.2 Å². The van der Waals surface area contributed by atoms with E-state index in [1.165, 1.54) is 12.1 Å². The molecule has 0 saturated heterocycles. The summed E-state index contributed by atoms with van der Waals surface area (Å²) >= 11 is 11.7. The quantitative estimate of drug-likeness (QED) is 0.303. The summed E-state index contributed by atoms with van der Waals surface area (Å²) in [5.41, 5.74) is -7.81. The average molecular weight is 555 g/mol. The van der Waals surface area contributed by atoms with Crippen LogP contribution in [-0.4, -0.2) is 28.5 Å². The number of halogens is 12. The second kappa shape index (κ2) is 8.77. The molecule has 0 bridgehead atoms. The molecular formula is C20H10Cl2F10N2O. The molecule has 3 aromatic rings. The Bertz CT molecular complexity index is 1230. The van der Waals surface area contributed by atoms with Crippen LogP contribution in [0.2, 0.25) is 10.0 Å². The van der Waals surface area contributed by atoms with E-state index in [0.29, 0.717) is 20.8 Å². The van der Waals surface area contributed by atoms with Crippen LogP contribution >= 0.6 is 23.2 Å². The van der Waals surface area contributed by atoms with E-state index >= 15 is 0 Å². The number of hydrogen-bond acceptors (Lipinski definition) is 2. The number of rotatable bonds is 4. The number of alkyl halides is 10. The summed E-state index contributed by atoms with van der Waals surface area (Å²) in [5, 5.41) is 3.05. The first-order valence-electron chi connectivity index (χ1n) is 9.09. The SMILES string of the molecule is Cc1cc(-c2cnn(-c3c(Cl)cc(C(F)(C(F)(F)F)C(F)(F)F)cc3OC(F)(F)F)c2)ccc1Cl. The third-order valence-corrected chi connectivity index (χ3v) is 5.45.